The molecule has 0 aliphatic carbocycles. The van der Waals surface area contributed by atoms with Crippen LogP contribution >= 0.6 is 11.3 Å². The van der Waals surface area contributed by atoms with E-state index in [-0.39, 0.29) is 18.0 Å². The highest BCUT2D eigenvalue weighted by Crippen LogP contribution is 2.18. The van der Waals surface area contributed by atoms with Crippen molar-refractivity contribution in [3.8, 4) is 0 Å². The van der Waals surface area contributed by atoms with Crippen LogP contribution in [0.4, 0.5) is 5.69 Å². The van der Waals surface area contributed by atoms with Crippen LogP contribution < -0.4 is 16.6 Å². The Morgan fingerprint density at radius 3 is 2.34 bits per heavy atom. The van der Waals surface area contributed by atoms with Crippen LogP contribution in [0, 0.1) is 5.92 Å². The molecule has 0 unspecified atom stereocenters. The molecular formula is C22H27N3O3S. The number of hydrogen-bond donors (Lipinski definition) is 1. The van der Waals surface area contributed by atoms with Crippen LogP contribution in [0.3, 0.4) is 0 Å². The Kier molecular flexibility index (Phi) is 6.37. The maximum Gasteiger partial charge on any atom is 0.332 e. The van der Waals surface area contributed by atoms with Gasteiger partial charge in [0, 0.05) is 12.2 Å². The number of hydrogen-bond acceptors (Lipinski definition) is 4. The lowest BCUT2D eigenvalue weighted by molar-refractivity contribution is -0.116. The Bertz CT molecular complexity index is 1120. The van der Waals surface area contributed by atoms with Crippen molar-refractivity contribution < 1.29 is 4.79 Å². The molecule has 2 aromatic heterocycles. The van der Waals surface area contributed by atoms with E-state index < -0.39 is 5.69 Å². The van der Waals surface area contributed by atoms with E-state index in [1.165, 1.54) is 26.0 Å². The van der Waals surface area contributed by atoms with E-state index in [2.05, 4.69) is 19.2 Å². The molecule has 1 aromatic carbocycles. The van der Waals surface area contributed by atoms with Crippen LogP contribution in [0.2, 0.25) is 0 Å². The monoisotopic (exact) mass is 413 g/mol. The van der Waals surface area contributed by atoms with Crippen LogP contribution in [-0.2, 0) is 17.9 Å². The van der Waals surface area contributed by atoms with Crippen molar-refractivity contribution in [2.75, 3.05) is 5.32 Å². The molecule has 0 saturated heterocycles. The van der Waals surface area contributed by atoms with E-state index in [0.717, 1.165) is 6.42 Å². The lowest BCUT2D eigenvalue weighted by Crippen LogP contribution is -2.41. The number of rotatable bonds is 7. The largest absolute Gasteiger partial charge is 0.332 e. The number of carbonyl (C=O) groups excluding carboxylic acids is 1. The van der Waals surface area contributed by atoms with Gasteiger partial charge in [-0.3, -0.25) is 18.7 Å². The van der Waals surface area contributed by atoms with Gasteiger partial charge in [-0.1, -0.05) is 39.8 Å². The maximum atomic E-state index is 13.0. The Balaban J connectivity index is 1.88. The summed E-state index contributed by atoms with van der Waals surface area (Å²) in [7, 11) is 0. The Morgan fingerprint density at radius 1 is 1.03 bits per heavy atom. The molecule has 0 atom stereocenters. The lowest BCUT2D eigenvalue weighted by Gasteiger charge is -2.13. The molecular weight excluding hydrogens is 386 g/mol. The molecule has 0 fully saturated rings. The highest BCUT2D eigenvalue weighted by atomic mass is 32.1. The molecule has 7 heteroatoms. The zero-order valence-electron chi connectivity index (χ0n) is 17.3. The summed E-state index contributed by atoms with van der Waals surface area (Å²) >= 11 is 1.30. The summed E-state index contributed by atoms with van der Waals surface area (Å²) in [5.74, 6) is 0.481. The molecule has 0 bridgehead atoms. The van der Waals surface area contributed by atoms with Gasteiger partial charge in [-0.15, -0.1) is 11.3 Å². The van der Waals surface area contributed by atoms with Crippen molar-refractivity contribution in [2.45, 2.75) is 53.1 Å². The molecule has 0 saturated carbocycles. The van der Waals surface area contributed by atoms with Crippen LogP contribution in [-0.4, -0.2) is 15.0 Å². The zero-order chi connectivity index (χ0) is 21.1. The quantitative estimate of drug-likeness (QED) is 0.635. The average molecular weight is 414 g/mol. The summed E-state index contributed by atoms with van der Waals surface area (Å²) in [6.07, 6.45) is 0.723. The first-order chi connectivity index (χ1) is 13.8. The Labute approximate surface area is 173 Å². The van der Waals surface area contributed by atoms with Crippen LogP contribution in [0.5, 0.6) is 0 Å². The molecule has 0 aliphatic rings. The van der Waals surface area contributed by atoms with Gasteiger partial charge < -0.3 is 5.32 Å². The Hall–Kier alpha value is -2.67. The molecule has 3 aromatic rings. The third-order valence-corrected chi connectivity index (χ3v) is 5.82. The summed E-state index contributed by atoms with van der Waals surface area (Å²) in [4.78, 5) is 38.3. The third kappa shape index (κ3) is 4.67. The fraction of sp³-hybridized carbons (Fsp3) is 0.409. The smallest absolute Gasteiger partial charge is 0.325 e. The average Bonchev–Trinajstić information content (AvgIpc) is 3.15. The van der Waals surface area contributed by atoms with Gasteiger partial charge in [-0.25, -0.2) is 4.79 Å². The van der Waals surface area contributed by atoms with Crippen LogP contribution in [0.1, 0.15) is 45.6 Å². The SMILES string of the molecule is CC(C)CCn1c(=O)c2sccc2n(CC(=O)Nc2ccc(C(C)C)cc2)c1=O. The van der Waals surface area contributed by atoms with E-state index in [4.69, 9.17) is 0 Å². The summed E-state index contributed by atoms with van der Waals surface area (Å²) in [5, 5.41) is 4.62. The van der Waals surface area contributed by atoms with Crippen molar-refractivity contribution in [2.24, 2.45) is 5.92 Å². The van der Waals surface area contributed by atoms with Gasteiger partial charge in [-0.2, -0.15) is 0 Å². The molecule has 2 heterocycles. The predicted octanol–water partition coefficient (Wildman–Crippen LogP) is 4.03. The molecule has 1 N–H and O–H groups in total. The van der Waals surface area contributed by atoms with E-state index >= 15 is 0 Å². The van der Waals surface area contributed by atoms with Crippen molar-refractivity contribution in [1.82, 2.24) is 9.13 Å². The number of anilines is 1. The fourth-order valence-electron chi connectivity index (χ4n) is 3.17. The zero-order valence-corrected chi connectivity index (χ0v) is 18.1. The summed E-state index contributed by atoms with van der Waals surface area (Å²) in [6.45, 7) is 8.53. The van der Waals surface area contributed by atoms with E-state index in [0.29, 0.717) is 34.3 Å². The van der Waals surface area contributed by atoms with Gasteiger partial charge in [0.25, 0.3) is 5.56 Å². The molecule has 0 spiro atoms. The second-order valence-corrected chi connectivity index (χ2v) is 8.88. The van der Waals surface area contributed by atoms with Crippen LogP contribution in [0.25, 0.3) is 10.2 Å². The van der Waals surface area contributed by atoms with Gasteiger partial charge >= 0.3 is 5.69 Å². The summed E-state index contributed by atoms with van der Waals surface area (Å²) in [5.41, 5.74) is 1.67. The molecule has 1 amide bonds. The van der Waals surface area contributed by atoms with Crippen molar-refractivity contribution in [1.29, 1.82) is 0 Å². The first kappa shape index (κ1) is 21.0. The molecule has 29 heavy (non-hydrogen) atoms. The summed E-state index contributed by atoms with van der Waals surface area (Å²) in [6, 6.07) is 9.41. The standard InChI is InChI=1S/C22H27N3O3S/c1-14(2)9-11-24-21(27)20-18(10-12-29-20)25(22(24)28)13-19(26)23-17-7-5-16(6-8-17)15(3)4/h5-8,10,12,14-15H,9,11,13H2,1-4H3,(H,23,26). The third-order valence-electron chi connectivity index (χ3n) is 4.93. The number of nitrogens with one attached hydrogen (secondary N) is 1. The molecule has 3 rings (SSSR count). The van der Waals surface area contributed by atoms with Gasteiger partial charge in [0.15, 0.2) is 0 Å². The minimum Gasteiger partial charge on any atom is -0.325 e. The highest BCUT2D eigenvalue weighted by molar-refractivity contribution is 7.17. The first-order valence-corrected chi connectivity index (χ1v) is 10.8. The normalized spacial score (nSPS) is 11.5. The minimum absolute atomic E-state index is 0.139. The lowest BCUT2D eigenvalue weighted by atomic mass is 10.0. The molecule has 0 aliphatic heterocycles. The molecule has 0 radical (unpaired) electrons. The predicted molar refractivity (Wildman–Crippen MR) is 119 cm³/mol. The van der Waals surface area contributed by atoms with Gasteiger partial charge in [0.05, 0.1) is 5.52 Å². The summed E-state index contributed by atoms with van der Waals surface area (Å²) < 4.78 is 3.15. The van der Waals surface area contributed by atoms with E-state index in [9.17, 15) is 14.4 Å². The number of carbonyl (C=O) groups is 1. The van der Waals surface area contributed by atoms with Crippen molar-refractivity contribution in [3.05, 3.63) is 62.1 Å². The van der Waals surface area contributed by atoms with Crippen molar-refractivity contribution in [3.63, 3.8) is 0 Å². The second-order valence-electron chi connectivity index (χ2n) is 7.97. The number of thiophene rings is 1. The number of fused-ring (bicyclic) bond motifs is 1. The number of amides is 1. The topological polar surface area (TPSA) is 73.1 Å². The molecule has 6 nitrogen and oxygen atoms in total. The van der Waals surface area contributed by atoms with E-state index in [1.807, 2.05) is 38.1 Å². The van der Waals surface area contributed by atoms with Gasteiger partial charge in [0.1, 0.15) is 11.2 Å². The number of nitrogens with zero attached hydrogens (tertiary/aromatic N) is 2. The van der Waals surface area contributed by atoms with Crippen molar-refractivity contribution >= 4 is 33.1 Å². The van der Waals surface area contributed by atoms with Gasteiger partial charge in [0.2, 0.25) is 5.91 Å². The maximum absolute atomic E-state index is 13.0. The second kappa shape index (κ2) is 8.78. The highest BCUT2D eigenvalue weighted by Gasteiger charge is 2.16. The van der Waals surface area contributed by atoms with Crippen LogP contribution in [0.15, 0.2) is 45.3 Å². The fourth-order valence-corrected chi connectivity index (χ4v) is 4.01. The number of benzene rings is 1. The minimum atomic E-state index is -0.438. The number of aromatic nitrogens is 2. The molecule has 154 valence electrons. The van der Waals surface area contributed by atoms with Gasteiger partial charge in [-0.05, 0) is 47.4 Å². The Morgan fingerprint density at radius 2 is 1.72 bits per heavy atom. The first-order valence-electron chi connectivity index (χ1n) is 9.88. The van der Waals surface area contributed by atoms with E-state index in [1.54, 1.807) is 11.4 Å².